The zero-order valence-electron chi connectivity index (χ0n) is 9.74. The van der Waals surface area contributed by atoms with E-state index in [1.165, 1.54) is 16.5 Å². The summed E-state index contributed by atoms with van der Waals surface area (Å²) in [7, 11) is 2.06. The average molecular weight is 295 g/mol. The topological polar surface area (TPSA) is 26.2 Å². The van der Waals surface area contributed by atoms with Crippen molar-refractivity contribution < 1.29 is 4.74 Å². The van der Waals surface area contributed by atoms with E-state index in [9.17, 15) is 0 Å². The summed E-state index contributed by atoms with van der Waals surface area (Å²) in [5, 5.41) is 4.61. The number of hydrogen-bond acceptors (Lipinski definition) is 2. The van der Waals surface area contributed by atoms with Gasteiger partial charge in [-0.2, -0.15) is 0 Å². The molecule has 1 aliphatic rings. The summed E-state index contributed by atoms with van der Waals surface area (Å²) >= 11 is 3.60. The van der Waals surface area contributed by atoms with Crippen LogP contribution in [0.2, 0.25) is 0 Å². The fourth-order valence-electron chi connectivity index (χ4n) is 2.34. The summed E-state index contributed by atoms with van der Waals surface area (Å²) in [5.41, 5.74) is 2.49. The standard InChI is InChI=1S/C13H15BrN2O/c1-16-8-11(14)10-6-9(2-3-12(10)16)13-7-15-4-5-17-13/h2-3,6,8,13,15H,4-5,7H2,1H3. The summed E-state index contributed by atoms with van der Waals surface area (Å²) in [6.07, 6.45) is 2.27. The average Bonchev–Trinajstić information content (AvgIpc) is 2.66. The molecule has 0 spiro atoms. The maximum atomic E-state index is 5.77. The smallest absolute Gasteiger partial charge is 0.0950 e. The molecule has 0 saturated carbocycles. The first-order valence-electron chi connectivity index (χ1n) is 5.82. The normalized spacial score (nSPS) is 20.9. The first-order chi connectivity index (χ1) is 8.25. The van der Waals surface area contributed by atoms with Crippen LogP contribution in [-0.4, -0.2) is 24.3 Å². The van der Waals surface area contributed by atoms with Gasteiger partial charge in [-0.1, -0.05) is 6.07 Å². The van der Waals surface area contributed by atoms with E-state index in [-0.39, 0.29) is 6.10 Å². The van der Waals surface area contributed by atoms with Crippen LogP contribution in [0.3, 0.4) is 0 Å². The lowest BCUT2D eigenvalue weighted by atomic mass is 10.1. The van der Waals surface area contributed by atoms with Crippen molar-refractivity contribution in [1.82, 2.24) is 9.88 Å². The van der Waals surface area contributed by atoms with Crippen molar-refractivity contribution in [3.8, 4) is 0 Å². The molecule has 1 aromatic carbocycles. The molecule has 1 aromatic heterocycles. The van der Waals surface area contributed by atoms with Gasteiger partial charge in [-0.15, -0.1) is 0 Å². The number of rotatable bonds is 1. The molecule has 90 valence electrons. The lowest BCUT2D eigenvalue weighted by Crippen LogP contribution is -2.33. The molecule has 0 aliphatic carbocycles. The molecule has 0 amide bonds. The molecule has 1 atom stereocenters. The Morgan fingerprint density at radius 3 is 3.12 bits per heavy atom. The summed E-state index contributed by atoms with van der Waals surface area (Å²) < 4.78 is 9.04. The van der Waals surface area contributed by atoms with Gasteiger partial charge in [-0.25, -0.2) is 0 Å². The third-order valence-electron chi connectivity index (χ3n) is 3.26. The number of benzene rings is 1. The SMILES string of the molecule is Cn1cc(Br)c2cc(C3CNCCO3)ccc21. The molecule has 3 nitrogen and oxygen atoms in total. The number of nitrogens with zero attached hydrogens (tertiary/aromatic N) is 1. The fourth-order valence-corrected chi connectivity index (χ4v) is 2.97. The van der Waals surface area contributed by atoms with E-state index < -0.39 is 0 Å². The maximum absolute atomic E-state index is 5.77. The molecule has 1 saturated heterocycles. The minimum Gasteiger partial charge on any atom is -0.371 e. The van der Waals surface area contributed by atoms with Gasteiger partial charge >= 0.3 is 0 Å². The predicted octanol–water partition coefficient (Wildman–Crippen LogP) is 2.60. The van der Waals surface area contributed by atoms with E-state index >= 15 is 0 Å². The summed E-state index contributed by atoms with van der Waals surface area (Å²) in [4.78, 5) is 0. The van der Waals surface area contributed by atoms with E-state index in [1.807, 2.05) is 0 Å². The van der Waals surface area contributed by atoms with Crippen LogP contribution < -0.4 is 5.32 Å². The Kier molecular flexibility index (Phi) is 2.94. The highest BCUT2D eigenvalue weighted by Crippen LogP contribution is 2.29. The molecular weight excluding hydrogens is 280 g/mol. The van der Waals surface area contributed by atoms with Crippen molar-refractivity contribution in [2.75, 3.05) is 19.7 Å². The molecule has 4 heteroatoms. The van der Waals surface area contributed by atoms with Gasteiger partial charge < -0.3 is 14.6 Å². The molecule has 1 unspecified atom stereocenters. The number of fused-ring (bicyclic) bond motifs is 1. The summed E-state index contributed by atoms with van der Waals surface area (Å²) in [6.45, 7) is 2.64. The number of aromatic nitrogens is 1. The molecule has 0 bridgehead atoms. The number of nitrogens with one attached hydrogen (secondary N) is 1. The highest BCUT2D eigenvalue weighted by atomic mass is 79.9. The van der Waals surface area contributed by atoms with E-state index in [4.69, 9.17) is 4.74 Å². The minimum absolute atomic E-state index is 0.181. The van der Waals surface area contributed by atoms with Gasteiger partial charge in [0.05, 0.1) is 12.7 Å². The lowest BCUT2D eigenvalue weighted by Gasteiger charge is -2.24. The van der Waals surface area contributed by atoms with Gasteiger partial charge in [-0.05, 0) is 33.6 Å². The van der Waals surface area contributed by atoms with Gasteiger partial charge in [0.1, 0.15) is 0 Å². The lowest BCUT2D eigenvalue weighted by molar-refractivity contribution is 0.0278. The van der Waals surface area contributed by atoms with Crippen molar-refractivity contribution >= 4 is 26.8 Å². The number of hydrogen-bond donors (Lipinski definition) is 1. The van der Waals surface area contributed by atoms with Crippen molar-refractivity contribution in [1.29, 1.82) is 0 Å². The van der Waals surface area contributed by atoms with Crippen LogP contribution in [0.25, 0.3) is 10.9 Å². The Hall–Kier alpha value is -0.840. The molecule has 1 fully saturated rings. The molecule has 1 aliphatic heterocycles. The van der Waals surface area contributed by atoms with Gasteiger partial charge in [0.15, 0.2) is 0 Å². The van der Waals surface area contributed by atoms with Crippen LogP contribution in [0.15, 0.2) is 28.9 Å². The van der Waals surface area contributed by atoms with Gasteiger partial charge in [0.2, 0.25) is 0 Å². The number of halogens is 1. The molecular formula is C13H15BrN2O. The van der Waals surface area contributed by atoms with Crippen LogP contribution in [0.5, 0.6) is 0 Å². The second kappa shape index (κ2) is 4.44. The van der Waals surface area contributed by atoms with Crippen molar-refractivity contribution in [3.05, 3.63) is 34.4 Å². The monoisotopic (exact) mass is 294 g/mol. The van der Waals surface area contributed by atoms with Crippen molar-refractivity contribution in [2.45, 2.75) is 6.10 Å². The Bertz CT molecular complexity index is 544. The fraction of sp³-hybridized carbons (Fsp3) is 0.385. The van der Waals surface area contributed by atoms with E-state index in [1.54, 1.807) is 0 Å². The van der Waals surface area contributed by atoms with Crippen molar-refractivity contribution in [3.63, 3.8) is 0 Å². The van der Waals surface area contributed by atoms with E-state index in [0.29, 0.717) is 0 Å². The predicted molar refractivity (Wildman–Crippen MR) is 72.2 cm³/mol. The first-order valence-corrected chi connectivity index (χ1v) is 6.62. The van der Waals surface area contributed by atoms with Gasteiger partial charge in [-0.3, -0.25) is 0 Å². The quantitative estimate of drug-likeness (QED) is 0.875. The Morgan fingerprint density at radius 1 is 1.47 bits per heavy atom. The highest BCUT2D eigenvalue weighted by Gasteiger charge is 2.16. The first kappa shape index (κ1) is 11.3. The number of ether oxygens (including phenoxy) is 1. The molecule has 1 N–H and O–H groups in total. The van der Waals surface area contributed by atoms with Crippen LogP contribution >= 0.6 is 15.9 Å². The van der Waals surface area contributed by atoms with E-state index in [2.05, 4.69) is 57.3 Å². The molecule has 2 heterocycles. The van der Waals surface area contributed by atoms with Crippen LogP contribution in [0.4, 0.5) is 0 Å². The van der Waals surface area contributed by atoms with Crippen molar-refractivity contribution in [2.24, 2.45) is 7.05 Å². The third kappa shape index (κ3) is 2.01. The largest absolute Gasteiger partial charge is 0.371 e. The number of morpholine rings is 1. The third-order valence-corrected chi connectivity index (χ3v) is 3.90. The number of aryl methyl sites for hydroxylation is 1. The molecule has 17 heavy (non-hydrogen) atoms. The molecule has 2 aromatic rings. The maximum Gasteiger partial charge on any atom is 0.0950 e. The van der Waals surface area contributed by atoms with Crippen LogP contribution in [-0.2, 0) is 11.8 Å². The van der Waals surface area contributed by atoms with Gasteiger partial charge in [0.25, 0.3) is 0 Å². The Morgan fingerprint density at radius 2 is 2.35 bits per heavy atom. The zero-order valence-corrected chi connectivity index (χ0v) is 11.3. The minimum atomic E-state index is 0.181. The second-order valence-corrected chi connectivity index (χ2v) is 5.28. The van der Waals surface area contributed by atoms with Crippen LogP contribution in [0, 0.1) is 0 Å². The molecule has 0 radical (unpaired) electrons. The second-order valence-electron chi connectivity index (χ2n) is 4.43. The highest BCUT2D eigenvalue weighted by molar-refractivity contribution is 9.10. The summed E-state index contributed by atoms with van der Waals surface area (Å²) in [5.74, 6) is 0. The Balaban J connectivity index is 2.03. The van der Waals surface area contributed by atoms with E-state index in [0.717, 1.165) is 24.2 Å². The summed E-state index contributed by atoms with van der Waals surface area (Å²) in [6, 6.07) is 6.54. The van der Waals surface area contributed by atoms with Gasteiger partial charge in [0, 0.05) is 41.7 Å². The van der Waals surface area contributed by atoms with Crippen LogP contribution in [0.1, 0.15) is 11.7 Å². The zero-order chi connectivity index (χ0) is 11.8. The molecule has 3 rings (SSSR count). The Labute approximate surface area is 109 Å².